The number of nitrogens with two attached hydrogens (primary N) is 1. The highest BCUT2D eigenvalue weighted by molar-refractivity contribution is 5.80. The number of hydrogen-bond acceptors (Lipinski definition) is 5. The van der Waals surface area contributed by atoms with Gasteiger partial charge in [-0.15, -0.1) is 0 Å². The number of nitrogens with zero attached hydrogens (tertiary/aromatic N) is 2. The molecule has 1 aliphatic heterocycles. The number of oxime groups is 1. The molecule has 7 heteroatoms. The fraction of sp³-hybridized carbons (Fsp3) is 0.833. The Morgan fingerprint density at radius 2 is 2.21 bits per heavy atom. The van der Waals surface area contributed by atoms with Crippen molar-refractivity contribution in [3.8, 4) is 0 Å². The Balaban J connectivity index is 2.22. The standard InChI is InChI=1S/C12H24N4O3/c1-2-10(9-11(13)15-18)14-4-3-12(17)16-5-7-19-8-6-16/h10,14,18H,2-9H2,1H3,(H2,13,15). The minimum absolute atomic E-state index is 0.133. The normalized spacial score (nSPS) is 18.4. The van der Waals surface area contributed by atoms with Crippen molar-refractivity contribution in [2.45, 2.75) is 32.2 Å². The van der Waals surface area contributed by atoms with E-state index < -0.39 is 0 Å². The van der Waals surface area contributed by atoms with E-state index in [2.05, 4.69) is 10.5 Å². The van der Waals surface area contributed by atoms with Gasteiger partial charge in [0.15, 0.2) is 0 Å². The lowest BCUT2D eigenvalue weighted by molar-refractivity contribution is -0.135. The Bertz CT molecular complexity index is 303. The van der Waals surface area contributed by atoms with Gasteiger partial charge in [-0.2, -0.15) is 0 Å². The van der Waals surface area contributed by atoms with Crippen LogP contribution in [0.2, 0.25) is 0 Å². The molecule has 1 saturated heterocycles. The Kier molecular flexibility index (Phi) is 7.20. The zero-order valence-electron chi connectivity index (χ0n) is 11.5. The van der Waals surface area contributed by atoms with Crippen LogP contribution in [0.5, 0.6) is 0 Å². The third-order valence-corrected chi connectivity index (χ3v) is 3.21. The van der Waals surface area contributed by atoms with Crippen molar-refractivity contribution in [2.24, 2.45) is 10.9 Å². The van der Waals surface area contributed by atoms with Crippen LogP contribution in [-0.2, 0) is 9.53 Å². The van der Waals surface area contributed by atoms with Crippen LogP contribution in [0.3, 0.4) is 0 Å². The largest absolute Gasteiger partial charge is 0.409 e. The Morgan fingerprint density at radius 1 is 1.53 bits per heavy atom. The molecule has 1 atom stereocenters. The van der Waals surface area contributed by atoms with Crippen molar-refractivity contribution in [1.29, 1.82) is 0 Å². The number of carbonyl (C=O) groups is 1. The monoisotopic (exact) mass is 272 g/mol. The molecule has 0 radical (unpaired) electrons. The first-order valence-electron chi connectivity index (χ1n) is 6.72. The number of ether oxygens (including phenoxy) is 1. The van der Waals surface area contributed by atoms with Gasteiger partial charge in [-0.05, 0) is 6.42 Å². The Labute approximate surface area is 113 Å². The molecule has 1 amide bonds. The molecule has 0 aliphatic carbocycles. The van der Waals surface area contributed by atoms with Gasteiger partial charge in [0.2, 0.25) is 5.91 Å². The molecule has 1 unspecified atom stereocenters. The molecule has 4 N–H and O–H groups in total. The molecule has 1 rings (SSSR count). The van der Waals surface area contributed by atoms with Crippen LogP contribution in [0.1, 0.15) is 26.2 Å². The summed E-state index contributed by atoms with van der Waals surface area (Å²) in [6, 6.07) is 0.133. The SMILES string of the molecule is CCC(CC(N)=NO)NCCC(=O)N1CCOCC1. The number of rotatable bonds is 7. The minimum Gasteiger partial charge on any atom is -0.409 e. The molecule has 0 aromatic carbocycles. The van der Waals surface area contributed by atoms with Gasteiger partial charge < -0.3 is 25.9 Å². The Hall–Kier alpha value is -1.34. The first-order valence-corrected chi connectivity index (χ1v) is 6.72. The lowest BCUT2D eigenvalue weighted by Crippen LogP contribution is -2.42. The molecule has 1 heterocycles. The zero-order chi connectivity index (χ0) is 14.1. The molecule has 110 valence electrons. The van der Waals surface area contributed by atoms with E-state index in [1.54, 1.807) is 0 Å². The van der Waals surface area contributed by atoms with Gasteiger partial charge in [-0.1, -0.05) is 12.1 Å². The second kappa shape index (κ2) is 8.71. The van der Waals surface area contributed by atoms with Crippen molar-refractivity contribution in [2.75, 3.05) is 32.8 Å². The van der Waals surface area contributed by atoms with Crippen molar-refractivity contribution in [1.82, 2.24) is 10.2 Å². The topological polar surface area (TPSA) is 100 Å². The Morgan fingerprint density at radius 3 is 2.79 bits per heavy atom. The molecular formula is C12H24N4O3. The average molecular weight is 272 g/mol. The van der Waals surface area contributed by atoms with Crippen LogP contribution in [-0.4, -0.2) is 60.7 Å². The molecule has 0 aromatic heterocycles. The molecule has 19 heavy (non-hydrogen) atoms. The maximum atomic E-state index is 11.9. The predicted molar refractivity (Wildman–Crippen MR) is 72.1 cm³/mol. The zero-order valence-corrected chi connectivity index (χ0v) is 11.5. The van der Waals surface area contributed by atoms with Gasteiger partial charge in [0.25, 0.3) is 0 Å². The fourth-order valence-corrected chi connectivity index (χ4v) is 2.01. The highest BCUT2D eigenvalue weighted by atomic mass is 16.5. The summed E-state index contributed by atoms with van der Waals surface area (Å²) in [5.74, 6) is 0.355. The average Bonchev–Trinajstić information content (AvgIpc) is 2.46. The minimum atomic E-state index is 0.133. The maximum Gasteiger partial charge on any atom is 0.224 e. The first-order chi connectivity index (χ1) is 9.17. The van der Waals surface area contributed by atoms with Crippen LogP contribution in [0, 0.1) is 0 Å². The summed E-state index contributed by atoms with van der Waals surface area (Å²) in [5, 5.41) is 14.7. The summed E-state index contributed by atoms with van der Waals surface area (Å²) < 4.78 is 5.21. The van der Waals surface area contributed by atoms with Crippen molar-refractivity contribution < 1.29 is 14.7 Å². The van der Waals surface area contributed by atoms with Gasteiger partial charge in [0.1, 0.15) is 5.84 Å². The van der Waals surface area contributed by atoms with Gasteiger partial charge in [0.05, 0.1) is 13.2 Å². The van der Waals surface area contributed by atoms with E-state index in [9.17, 15) is 4.79 Å². The van der Waals surface area contributed by atoms with E-state index in [4.69, 9.17) is 15.7 Å². The van der Waals surface area contributed by atoms with Crippen LogP contribution < -0.4 is 11.1 Å². The second-order valence-electron chi connectivity index (χ2n) is 4.60. The van der Waals surface area contributed by atoms with E-state index in [0.29, 0.717) is 45.7 Å². The van der Waals surface area contributed by atoms with Gasteiger partial charge in [-0.25, -0.2) is 0 Å². The number of amidine groups is 1. The fourth-order valence-electron chi connectivity index (χ4n) is 2.01. The van der Waals surface area contributed by atoms with Crippen molar-refractivity contribution in [3.05, 3.63) is 0 Å². The molecule has 7 nitrogen and oxygen atoms in total. The molecule has 0 spiro atoms. The molecular weight excluding hydrogens is 248 g/mol. The van der Waals surface area contributed by atoms with Crippen LogP contribution in [0.4, 0.5) is 0 Å². The molecule has 0 saturated carbocycles. The molecule has 1 aliphatic rings. The van der Waals surface area contributed by atoms with Crippen molar-refractivity contribution >= 4 is 11.7 Å². The summed E-state index contributed by atoms with van der Waals surface area (Å²) in [6.07, 6.45) is 1.81. The number of morpholine rings is 1. The van der Waals surface area contributed by atoms with Gasteiger partial charge >= 0.3 is 0 Å². The van der Waals surface area contributed by atoms with Crippen molar-refractivity contribution in [3.63, 3.8) is 0 Å². The molecule has 0 bridgehead atoms. The summed E-state index contributed by atoms with van der Waals surface area (Å²) in [5.41, 5.74) is 5.47. The number of carbonyl (C=O) groups excluding carboxylic acids is 1. The summed E-state index contributed by atoms with van der Waals surface area (Å²) in [4.78, 5) is 13.7. The quantitative estimate of drug-likeness (QED) is 0.257. The predicted octanol–water partition coefficient (Wildman–Crippen LogP) is -0.260. The smallest absolute Gasteiger partial charge is 0.224 e. The highest BCUT2D eigenvalue weighted by Crippen LogP contribution is 2.01. The third-order valence-electron chi connectivity index (χ3n) is 3.21. The van der Waals surface area contributed by atoms with E-state index in [-0.39, 0.29) is 17.8 Å². The summed E-state index contributed by atoms with van der Waals surface area (Å²) in [6.45, 7) is 5.24. The number of amides is 1. The van der Waals surface area contributed by atoms with Crippen LogP contribution in [0.25, 0.3) is 0 Å². The summed E-state index contributed by atoms with van der Waals surface area (Å²) >= 11 is 0. The molecule has 1 fully saturated rings. The van der Waals surface area contributed by atoms with Crippen LogP contribution >= 0.6 is 0 Å². The highest BCUT2D eigenvalue weighted by Gasteiger charge is 2.16. The summed E-state index contributed by atoms with van der Waals surface area (Å²) in [7, 11) is 0. The molecule has 0 aromatic rings. The van der Waals surface area contributed by atoms with Gasteiger partial charge in [0, 0.05) is 38.5 Å². The first kappa shape index (κ1) is 15.7. The van der Waals surface area contributed by atoms with E-state index in [1.165, 1.54) is 0 Å². The number of hydrogen-bond donors (Lipinski definition) is 3. The van der Waals surface area contributed by atoms with E-state index in [0.717, 1.165) is 6.42 Å². The number of nitrogens with one attached hydrogen (secondary N) is 1. The third kappa shape index (κ3) is 5.89. The maximum absolute atomic E-state index is 11.9. The second-order valence-corrected chi connectivity index (χ2v) is 4.60. The lowest BCUT2D eigenvalue weighted by Gasteiger charge is -2.27. The van der Waals surface area contributed by atoms with Crippen LogP contribution in [0.15, 0.2) is 5.16 Å². The van der Waals surface area contributed by atoms with Gasteiger partial charge in [-0.3, -0.25) is 4.79 Å². The van der Waals surface area contributed by atoms with E-state index in [1.807, 2.05) is 11.8 Å². The lowest BCUT2D eigenvalue weighted by atomic mass is 10.1. The van der Waals surface area contributed by atoms with E-state index >= 15 is 0 Å².